The smallest absolute Gasteiger partial charge is 0.258 e. The fourth-order valence-electron chi connectivity index (χ4n) is 2.02. The van der Waals surface area contributed by atoms with Crippen molar-refractivity contribution in [2.24, 2.45) is 0 Å². The van der Waals surface area contributed by atoms with Crippen molar-refractivity contribution in [3.63, 3.8) is 0 Å². The van der Waals surface area contributed by atoms with Crippen LogP contribution in [0.1, 0.15) is 0 Å². The van der Waals surface area contributed by atoms with Crippen molar-refractivity contribution in [3.8, 4) is 21.7 Å². The quantitative estimate of drug-likeness (QED) is 0.450. The van der Waals surface area contributed by atoms with Gasteiger partial charge in [0.2, 0.25) is 0 Å². The van der Waals surface area contributed by atoms with Crippen LogP contribution in [0.25, 0.3) is 21.7 Å². The Labute approximate surface area is 140 Å². The van der Waals surface area contributed by atoms with Crippen molar-refractivity contribution in [1.29, 1.82) is 0 Å². The van der Waals surface area contributed by atoms with Crippen molar-refractivity contribution in [1.82, 2.24) is 4.37 Å². The predicted molar refractivity (Wildman–Crippen MR) is 89.7 cm³/mol. The molecule has 0 bridgehead atoms. The van der Waals surface area contributed by atoms with Gasteiger partial charge in [0.25, 0.3) is 5.69 Å². The molecule has 0 atom stereocenters. The minimum Gasteiger partial charge on any atom is -0.258 e. The van der Waals surface area contributed by atoms with Crippen LogP contribution in [0.4, 0.5) is 5.69 Å². The lowest BCUT2D eigenvalue weighted by molar-refractivity contribution is -0.384. The summed E-state index contributed by atoms with van der Waals surface area (Å²) in [6.45, 7) is 0. The number of nitro benzene ring substituents is 1. The highest BCUT2D eigenvalue weighted by molar-refractivity contribution is 7.09. The largest absolute Gasteiger partial charge is 0.269 e. The van der Waals surface area contributed by atoms with Crippen molar-refractivity contribution >= 4 is 40.4 Å². The summed E-state index contributed by atoms with van der Waals surface area (Å²) < 4.78 is 4.38. The van der Waals surface area contributed by atoms with Gasteiger partial charge in [0.05, 0.1) is 25.5 Å². The highest BCUT2D eigenvalue weighted by Crippen LogP contribution is 2.37. The normalized spacial score (nSPS) is 10.6. The van der Waals surface area contributed by atoms with E-state index in [2.05, 4.69) is 4.37 Å². The number of nitro groups is 1. The van der Waals surface area contributed by atoms with Gasteiger partial charge >= 0.3 is 0 Å². The van der Waals surface area contributed by atoms with E-state index >= 15 is 0 Å². The number of rotatable bonds is 3. The third-order valence-corrected chi connectivity index (χ3v) is 4.56. The molecule has 4 nitrogen and oxygen atoms in total. The molecule has 0 N–H and O–H groups in total. The lowest BCUT2D eigenvalue weighted by Crippen LogP contribution is -1.86. The third kappa shape index (κ3) is 2.83. The Kier molecular flexibility index (Phi) is 4.11. The van der Waals surface area contributed by atoms with Crippen molar-refractivity contribution < 1.29 is 4.92 Å². The molecule has 0 radical (unpaired) electrons. The highest BCUT2D eigenvalue weighted by Gasteiger charge is 2.13. The Balaban J connectivity index is 1.99. The van der Waals surface area contributed by atoms with Crippen LogP contribution in [0.3, 0.4) is 0 Å². The number of nitrogens with zero attached hydrogens (tertiary/aromatic N) is 2. The number of benzene rings is 2. The van der Waals surface area contributed by atoms with Crippen LogP contribution in [0.15, 0.2) is 48.5 Å². The molecule has 0 unspecified atom stereocenters. The van der Waals surface area contributed by atoms with Gasteiger partial charge in [-0.2, -0.15) is 4.37 Å². The first-order valence-electron chi connectivity index (χ1n) is 6.22. The molecular weight excluding hydrogens is 343 g/mol. The van der Waals surface area contributed by atoms with E-state index in [9.17, 15) is 10.1 Å². The molecule has 0 spiro atoms. The summed E-state index contributed by atoms with van der Waals surface area (Å²) in [6.07, 6.45) is 0. The van der Waals surface area contributed by atoms with Crippen LogP contribution in [0, 0.1) is 10.1 Å². The first-order valence-corrected chi connectivity index (χ1v) is 7.75. The molecular formula is C15H8Cl2N2O2S. The zero-order valence-electron chi connectivity index (χ0n) is 11.0. The molecule has 2 aromatic carbocycles. The van der Waals surface area contributed by atoms with Gasteiger partial charge in [-0.1, -0.05) is 29.3 Å². The van der Waals surface area contributed by atoms with E-state index < -0.39 is 4.92 Å². The van der Waals surface area contributed by atoms with Crippen LogP contribution in [0.5, 0.6) is 0 Å². The van der Waals surface area contributed by atoms with Gasteiger partial charge in [0.1, 0.15) is 0 Å². The Morgan fingerprint density at radius 2 is 1.68 bits per heavy atom. The van der Waals surface area contributed by atoms with Crippen LogP contribution >= 0.6 is 34.7 Å². The second-order valence-corrected chi connectivity index (χ2v) is 6.10. The van der Waals surface area contributed by atoms with Crippen LogP contribution < -0.4 is 0 Å². The molecule has 3 aromatic rings. The standard InChI is InChI=1S/C15H8Cl2N2O2S/c16-11-2-1-3-12(17)15(11)13-8-14(22-18-13)9-4-6-10(7-5-9)19(20)21/h1-8H. The van der Waals surface area contributed by atoms with Gasteiger partial charge in [0.15, 0.2) is 0 Å². The average molecular weight is 351 g/mol. The molecule has 0 saturated heterocycles. The zero-order valence-corrected chi connectivity index (χ0v) is 13.3. The molecule has 7 heteroatoms. The van der Waals surface area contributed by atoms with Gasteiger partial charge in [0, 0.05) is 17.7 Å². The summed E-state index contributed by atoms with van der Waals surface area (Å²) >= 11 is 13.7. The Bertz CT molecular complexity index is 827. The maximum absolute atomic E-state index is 10.7. The number of halogens is 2. The second-order valence-electron chi connectivity index (χ2n) is 4.48. The fourth-order valence-corrected chi connectivity index (χ4v) is 3.36. The van der Waals surface area contributed by atoms with E-state index in [0.29, 0.717) is 21.3 Å². The summed E-state index contributed by atoms with van der Waals surface area (Å²) in [5, 5.41) is 11.7. The minimum atomic E-state index is -0.425. The van der Waals surface area contributed by atoms with Crippen LogP contribution in [0.2, 0.25) is 10.0 Å². The van der Waals surface area contributed by atoms with E-state index in [1.54, 1.807) is 30.3 Å². The molecule has 0 fully saturated rings. The van der Waals surface area contributed by atoms with E-state index in [-0.39, 0.29) is 5.69 Å². The highest BCUT2D eigenvalue weighted by atomic mass is 35.5. The monoisotopic (exact) mass is 350 g/mol. The first-order chi connectivity index (χ1) is 10.6. The summed E-state index contributed by atoms with van der Waals surface area (Å²) in [4.78, 5) is 11.1. The molecule has 0 saturated carbocycles. The van der Waals surface area contributed by atoms with Gasteiger partial charge in [-0.15, -0.1) is 0 Å². The van der Waals surface area contributed by atoms with E-state index in [1.165, 1.54) is 23.7 Å². The summed E-state index contributed by atoms with van der Waals surface area (Å²) in [5.74, 6) is 0. The van der Waals surface area contributed by atoms with Crippen LogP contribution in [-0.2, 0) is 0 Å². The van der Waals surface area contributed by atoms with Crippen molar-refractivity contribution in [2.45, 2.75) is 0 Å². The second kappa shape index (κ2) is 6.04. The molecule has 0 aliphatic heterocycles. The summed E-state index contributed by atoms with van der Waals surface area (Å²) in [6, 6.07) is 13.5. The Hall–Kier alpha value is -1.95. The SMILES string of the molecule is O=[N+]([O-])c1ccc(-c2cc(-c3c(Cl)cccc3Cl)ns2)cc1. The van der Waals surface area contributed by atoms with Crippen molar-refractivity contribution in [2.75, 3.05) is 0 Å². The molecule has 1 heterocycles. The van der Waals surface area contributed by atoms with Crippen LogP contribution in [-0.4, -0.2) is 9.30 Å². The molecule has 3 rings (SSSR count). The molecule has 0 aliphatic carbocycles. The molecule has 22 heavy (non-hydrogen) atoms. The lowest BCUT2D eigenvalue weighted by atomic mass is 10.1. The van der Waals surface area contributed by atoms with Gasteiger partial charge in [-0.25, -0.2) is 0 Å². The molecule has 1 aromatic heterocycles. The van der Waals surface area contributed by atoms with Crippen molar-refractivity contribution in [3.05, 3.63) is 68.7 Å². The Morgan fingerprint density at radius 1 is 1.05 bits per heavy atom. The van der Waals surface area contributed by atoms with E-state index in [0.717, 1.165) is 10.4 Å². The third-order valence-electron chi connectivity index (χ3n) is 3.09. The van der Waals surface area contributed by atoms with Gasteiger partial charge in [-0.05, 0) is 47.4 Å². The summed E-state index contributed by atoms with van der Waals surface area (Å²) in [7, 11) is 0. The summed E-state index contributed by atoms with van der Waals surface area (Å²) in [5.41, 5.74) is 2.30. The first kappa shape index (κ1) is 15.0. The maximum atomic E-state index is 10.7. The zero-order chi connectivity index (χ0) is 15.7. The number of aromatic nitrogens is 1. The minimum absolute atomic E-state index is 0.0580. The molecule has 0 amide bonds. The average Bonchev–Trinajstić information content (AvgIpc) is 2.97. The lowest BCUT2D eigenvalue weighted by Gasteiger charge is -2.02. The molecule has 0 aliphatic rings. The van der Waals surface area contributed by atoms with E-state index in [1.807, 2.05) is 6.07 Å². The topological polar surface area (TPSA) is 56.0 Å². The number of hydrogen-bond acceptors (Lipinski definition) is 4. The maximum Gasteiger partial charge on any atom is 0.269 e. The Morgan fingerprint density at radius 3 is 2.27 bits per heavy atom. The molecule has 110 valence electrons. The number of non-ortho nitro benzene ring substituents is 1. The predicted octanol–water partition coefficient (Wildman–Crippen LogP) is 5.69. The van der Waals surface area contributed by atoms with E-state index in [4.69, 9.17) is 23.2 Å². The number of hydrogen-bond donors (Lipinski definition) is 0. The fraction of sp³-hybridized carbons (Fsp3) is 0. The van der Waals surface area contributed by atoms with Gasteiger partial charge in [-0.3, -0.25) is 10.1 Å². The van der Waals surface area contributed by atoms with Gasteiger partial charge < -0.3 is 0 Å².